The molecule has 1 saturated heterocycles. The molecule has 11 heteroatoms. The van der Waals surface area contributed by atoms with Crippen LogP contribution in [-0.2, 0) is 30.3 Å². The number of carbonyl (C=O) groups is 3. The lowest BCUT2D eigenvalue weighted by molar-refractivity contribution is -0.196. The summed E-state index contributed by atoms with van der Waals surface area (Å²) in [5, 5.41) is 16.6. The van der Waals surface area contributed by atoms with Crippen LogP contribution in [0, 0.1) is 11.8 Å². The van der Waals surface area contributed by atoms with Crippen LogP contribution in [0.25, 0.3) is 0 Å². The average molecular weight is 673 g/mol. The molecular formula is C38H44N2O9. The summed E-state index contributed by atoms with van der Waals surface area (Å²) in [5.74, 6) is -2.24. The third-order valence-electron chi connectivity index (χ3n) is 10.4. The molecule has 0 spiro atoms. The molecule has 11 nitrogen and oxygen atoms in total. The molecule has 3 aromatic carbocycles. The highest BCUT2D eigenvalue weighted by atomic mass is 16.6. The van der Waals surface area contributed by atoms with Gasteiger partial charge in [-0.15, -0.1) is 0 Å². The van der Waals surface area contributed by atoms with Crippen LogP contribution in [0.2, 0.25) is 0 Å². The van der Waals surface area contributed by atoms with Gasteiger partial charge in [0.1, 0.15) is 29.2 Å². The van der Waals surface area contributed by atoms with Crippen LogP contribution in [-0.4, -0.2) is 67.9 Å². The number of benzene rings is 3. The summed E-state index contributed by atoms with van der Waals surface area (Å²) >= 11 is 0. The van der Waals surface area contributed by atoms with Gasteiger partial charge in [-0.3, -0.25) is 14.4 Å². The van der Waals surface area contributed by atoms with Gasteiger partial charge in [0.05, 0.1) is 32.8 Å². The number of fused-ring (bicyclic) bond motifs is 4. The molecule has 0 radical (unpaired) electrons. The number of ether oxygens (including phenoxy) is 5. The third kappa shape index (κ3) is 5.44. The predicted octanol–water partition coefficient (Wildman–Crippen LogP) is 4.64. The number of rotatable bonds is 10. The highest BCUT2D eigenvalue weighted by Crippen LogP contribution is 2.69. The molecule has 2 amide bonds. The largest absolute Gasteiger partial charge is 0.497 e. The van der Waals surface area contributed by atoms with Gasteiger partial charge in [0.15, 0.2) is 17.3 Å². The van der Waals surface area contributed by atoms with Crippen molar-refractivity contribution in [3.05, 3.63) is 83.4 Å². The van der Waals surface area contributed by atoms with E-state index in [0.717, 1.165) is 0 Å². The van der Waals surface area contributed by atoms with Gasteiger partial charge in [0, 0.05) is 43.0 Å². The number of nitrogens with zero attached hydrogens (tertiary/aromatic N) is 1. The maximum absolute atomic E-state index is 15.4. The second-order valence-electron chi connectivity index (χ2n) is 13.0. The molecule has 260 valence electrons. The summed E-state index contributed by atoms with van der Waals surface area (Å²) in [6, 6.07) is 19.7. The Morgan fingerprint density at radius 2 is 1.69 bits per heavy atom. The first-order valence-corrected chi connectivity index (χ1v) is 16.7. The first kappa shape index (κ1) is 34.1. The van der Waals surface area contributed by atoms with Crippen molar-refractivity contribution in [2.75, 3.05) is 27.9 Å². The molecule has 1 saturated carbocycles. The van der Waals surface area contributed by atoms with E-state index in [1.165, 1.54) is 21.1 Å². The minimum atomic E-state index is -2.18. The molecule has 0 aromatic heterocycles. The van der Waals surface area contributed by atoms with E-state index in [-0.39, 0.29) is 28.9 Å². The first-order chi connectivity index (χ1) is 23.5. The number of esters is 1. The maximum atomic E-state index is 15.4. The molecule has 6 rings (SSSR count). The van der Waals surface area contributed by atoms with E-state index >= 15 is 4.79 Å². The molecule has 2 bridgehead atoms. The van der Waals surface area contributed by atoms with Crippen LogP contribution < -0.4 is 24.3 Å². The monoisotopic (exact) mass is 672 g/mol. The second kappa shape index (κ2) is 13.3. The van der Waals surface area contributed by atoms with Crippen molar-refractivity contribution < 1.29 is 43.2 Å². The van der Waals surface area contributed by atoms with Crippen molar-refractivity contribution in [1.29, 1.82) is 0 Å². The lowest BCUT2D eigenvalue weighted by atomic mass is 9.75. The summed E-state index contributed by atoms with van der Waals surface area (Å²) < 4.78 is 30.2. The van der Waals surface area contributed by atoms with Crippen LogP contribution >= 0.6 is 0 Å². The lowest BCUT2D eigenvalue weighted by Crippen LogP contribution is -2.57. The van der Waals surface area contributed by atoms with E-state index in [4.69, 9.17) is 23.7 Å². The highest BCUT2D eigenvalue weighted by molar-refractivity contribution is 5.86. The zero-order chi connectivity index (χ0) is 35.1. The smallest absolute Gasteiger partial charge is 0.303 e. The summed E-state index contributed by atoms with van der Waals surface area (Å²) in [6.07, 6.45) is -0.147. The Kier molecular flexibility index (Phi) is 9.23. The number of carbonyl (C=O) groups excluding carboxylic acids is 3. The molecule has 3 aromatic rings. The number of hydrogen-bond donors (Lipinski definition) is 2. The Balaban J connectivity index is 1.66. The van der Waals surface area contributed by atoms with Gasteiger partial charge in [0.25, 0.3) is 0 Å². The standard InChI is InChI=1S/C38H44N2O9/c1-7-22(2)34(42)39-30-14-11-19-40(30)35(43)33-31(24-12-9-8-10-13-24)38(25-15-17-26(45-4)18-16-25)36(48-23(3)41)37(33,44)32-28(47-6)20-27(46-5)21-29(32)49-38/h8-10,12-13,15-18,20-22,30-31,33,36,44H,7,11,14,19H2,1-6H3,(H,39,42)/t22?,30-,31-,33?,36-,37-,38-/m0/s1. The Morgan fingerprint density at radius 1 is 1.00 bits per heavy atom. The number of hydrogen-bond acceptors (Lipinski definition) is 9. The molecule has 2 unspecified atom stereocenters. The molecule has 2 fully saturated rings. The van der Waals surface area contributed by atoms with Crippen molar-refractivity contribution in [3.8, 4) is 23.0 Å². The topological polar surface area (TPSA) is 133 Å². The normalized spacial score (nSPS) is 27.4. The fraction of sp³-hybridized carbons (Fsp3) is 0.447. The molecular weight excluding hydrogens is 628 g/mol. The Bertz CT molecular complexity index is 1710. The van der Waals surface area contributed by atoms with Crippen molar-refractivity contribution in [2.24, 2.45) is 11.8 Å². The Morgan fingerprint density at radius 3 is 2.31 bits per heavy atom. The van der Waals surface area contributed by atoms with Gasteiger partial charge in [0.2, 0.25) is 11.8 Å². The van der Waals surface area contributed by atoms with Crippen molar-refractivity contribution in [2.45, 2.75) is 69.4 Å². The van der Waals surface area contributed by atoms with Gasteiger partial charge in [-0.05, 0) is 37.0 Å². The lowest BCUT2D eigenvalue weighted by Gasteiger charge is -2.46. The number of amides is 2. The van der Waals surface area contributed by atoms with E-state index in [2.05, 4.69) is 5.32 Å². The van der Waals surface area contributed by atoms with Gasteiger partial charge in [-0.1, -0.05) is 56.3 Å². The predicted molar refractivity (Wildman–Crippen MR) is 179 cm³/mol. The fourth-order valence-electron chi connectivity index (χ4n) is 7.93. The minimum absolute atomic E-state index is 0.148. The summed E-state index contributed by atoms with van der Waals surface area (Å²) in [6.45, 7) is 5.41. The zero-order valence-electron chi connectivity index (χ0n) is 28.7. The number of methoxy groups -OCH3 is 3. The van der Waals surface area contributed by atoms with Crippen molar-refractivity contribution in [1.82, 2.24) is 10.2 Å². The van der Waals surface area contributed by atoms with Crippen LogP contribution in [0.5, 0.6) is 23.0 Å². The van der Waals surface area contributed by atoms with E-state index in [0.29, 0.717) is 48.4 Å². The van der Waals surface area contributed by atoms with E-state index in [1.807, 2.05) is 44.2 Å². The zero-order valence-corrected chi connectivity index (χ0v) is 28.7. The van der Waals surface area contributed by atoms with E-state index in [9.17, 15) is 14.7 Å². The second-order valence-corrected chi connectivity index (χ2v) is 13.0. The molecule has 2 N–H and O–H groups in total. The molecule has 1 aliphatic carbocycles. The number of likely N-dealkylation sites (tertiary alicyclic amines) is 1. The number of aliphatic hydroxyl groups is 1. The fourth-order valence-corrected chi connectivity index (χ4v) is 7.93. The van der Waals surface area contributed by atoms with Crippen LogP contribution in [0.3, 0.4) is 0 Å². The van der Waals surface area contributed by atoms with E-state index in [1.54, 1.807) is 48.4 Å². The molecule has 2 heterocycles. The van der Waals surface area contributed by atoms with Gasteiger partial charge < -0.3 is 39.0 Å². The Labute approximate surface area is 286 Å². The van der Waals surface area contributed by atoms with E-state index < -0.39 is 47.2 Å². The summed E-state index contributed by atoms with van der Waals surface area (Å²) in [7, 11) is 4.52. The molecule has 49 heavy (non-hydrogen) atoms. The van der Waals surface area contributed by atoms with Crippen LogP contribution in [0.1, 0.15) is 62.6 Å². The summed E-state index contributed by atoms with van der Waals surface area (Å²) in [4.78, 5) is 43.2. The minimum Gasteiger partial charge on any atom is -0.497 e. The molecule has 2 aliphatic heterocycles. The van der Waals surface area contributed by atoms with Crippen molar-refractivity contribution >= 4 is 17.8 Å². The summed E-state index contributed by atoms with van der Waals surface area (Å²) in [5.41, 5.74) is -2.40. The molecule has 3 aliphatic rings. The SMILES string of the molecule is CCC(C)C(=O)N[C@@H]1CCCN1C(=O)C1[C@H](c2ccccc2)[C@]2(c3ccc(OC)cc3)Oc3cc(OC)cc(OC)c3[C@@]1(O)[C@@H]2OC(C)=O. The van der Waals surface area contributed by atoms with Gasteiger partial charge >= 0.3 is 5.97 Å². The van der Waals surface area contributed by atoms with Gasteiger partial charge in [-0.25, -0.2) is 0 Å². The number of nitrogens with one attached hydrogen (secondary N) is 1. The maximum Gasteiger partial charge on any atom is 0.303 e. The third-order valence-corrected chi connectivity index (χ3v) is 10.4. The Hall–Kier alpha value is -4.77. The highest BCUT2D eigenvalue weighted by Gasteiger charge is 2.78. The van der Waals surface area contributed by atoms with Crippen LogP contribution in [0.4, 0.5) is 0 Å². The quantitative estimate of drug-likeness (QED) is 0.296. The average Bonchev–Trinajstić information content (AvgIpc) is 3.63. The molecule has 7 atom stereocenters. The van der Waals surface area contributed by atoms with Gasteiger partial charge in [-0.2, -0.15) is 0 Å². The first-order valence-electron chi connectivity index (χ1n) is 16.7. The van der Waals surface area contributed by atoms with Crippen LogP contribution in [0.15, 0.2) is 66.7 Å². The van der Waals surface area contributed by atoms with Crippen molar-refractivity contribution in [3.63, 3.8) is 0 Å².